The number of sulfonamides is 1. The molecule has 2 rings (SSSR count). The maximum Gasteiger partial charge on any atom is 0.335 e. The highest BCUT2D eigenvalue weighted by Crippen LogP contribution is 2.28. The van der Waals surface area contributed by atoms with E-state index in [9.17, 15) is 13.2 Å². The van der Waals surface area contributed by atoms with Gasteiger partial charge in [-0.25, -0.2) is 13.2 Å². The Labute approximate surface area is 132 Å². The molecule has 2 aromatic rings. The number of benzene rings is 1. The van der Waals surface area contributed by atoms with E-state index in [0.29, 0.717) is 4.47 Å². The highest BCUT2D eigenvalue weighted by atomic mass is 79.9. The second kappa shape index (κ2) is 5.85. The van der Waals surface area contributed by atoms with E-state index < -0.39 is 16.0 Å². The highest BCUT2D eigenvalue weighted by molar-refractivity contribution is 9.10. The molecule has 108 valence electrons. The molecule has 0 aliphatic heterocycles. The van der Waals surface area contributed by atoms with Gasteiger partial charge in [-0.05, 0) is 46.3 Å². The average molecular weight is 387 g/mol. The van der Waals surface area contributed by atoms with Crippen LogP contribution < -0.4 is 4.72 Å². The second-order valence-corrected chi connectivity index (χ2v) is 7.68. The van der Waals surface area contributed by atoms with Crippen molar-refractivity contribution < 1.29 is 18.3 Å². The van der Waals surface area contributed by atoms with Gasteiger partial charge in [0.1, 0.15) is 15.2 Å². The molecule has 0 fully saturated rings. The molecule has 0 radical (unpaired) electrons. The van der Waals surface area contributed by atoms with Gasteiger partial charge < -0.3 is 5.11 Å². The highest BCUT2D eigenvalue weighted by Gasteiger charge is 2.19. The van der Waals surface area contributed by atoms with Crippen molar-refractivity contribution >= 4 is 48.9 Å². The smallest absolute Gasteiger partial charge is 0.335 e. The maximum atomic E-state index is 12.2. The van der Waals surface area contributed by atoms with Crippen LogP contribution in [0.3, 0.4) is 0 Å². The van der Waals surface area contributed by atoms with Gasteiger partial charge >= 0.3 is 5.97 Å². The molecule has 0 unspecified atom stereocenters. The summed E-state index contributed by atoms with van der Waals surface area (Å²) in [4.78, 5) is 11.2. The van der Waals surface area contributed by atoms with Gasteiger partial charge in [0.15, 0.2) is 0 Å². The van der Waals surface area contributed by atoms with E-state index >= 15 is 0 Å². The summed E-state index contributed by atoms with van der Waals surface area (Å²) in [6.45, 7) is 0. The fourth-order valence-corrected chi connectivity index (χ4v) is 4.11. The molecule has 0 atom stereocenters. The number of nitriles is 1. The Kier molecular flexibility index (Phi) is 4.32. The van der Waals surface area contributed by atoms with E-state index in [1.54, 1.807) is 0 Å². The van der Waals surface area contributed by atoms with Crippen LogP contribution >= 0.6 is 27.3 Å². The van der Waals surface area contributed by atoms with Crippen molar-refractivity contribution in [2.24, 2.45) is 0 Å². The molecule has 0 aliphatic rings. The van der Waals surface area contributed by atoms with Crippen LogP contribution in [0, 0.1) is 11.3 Å². The third-order valence-electron chi connectivity index (χ3n) is 2.41. The van der Waals surface area contributed by atoms with Crippen molar-refractivity contribution in [1.29, 1.82) is 5.26 Å². The molecule has 0 amide bonds. The molecular formula is C12H7BrN2O4S2. The van der Waals surface area contributed by atoms with Crippen molar-refractivity contribution in [2.45, 2.75) is 4.21 Å². The summed E-state index contributed by atoms with van der Waals surface area (Å²) in [5, 5.41) is 17.6. The zero-order chi connectivity index (χ0) is 15.6. The minimum atomic E-state index is -3.87. The third kappa shape index (κ3) is 3.41. The Morgan fingerprint density at radius 3 is 2.62 bits per heavy atom. The van der Waals surface area contributed by atoms with Crippen molar-refractivity contribution in [1.82, 2.24) is 0 Å². The first-order chi connectivity index (χ1) is 9.83. The number of halogens is 1. The fourth-order valence-electron chi connectivity index (χ4n) is 1.46. The molecule has 0 bridgehead atoms. The lowest BCUT2D eigenvalue weighted by Gasteiger charge is -2.09. The number of aromatic carboxylic acids is 1. The van der Waals surface area contributed by atoms with Gasteiger partial charge in [-0.3, -0.25) is 4.72 Å². The normalized spacial score (nSPS) is 10.9. The zero-order valence-corrected chi connectivity index (χ0v) is 13.4. The minimum absolute atomic E-state index is 0.0216. The Morgan fingerprint density at radius 2 is 2.05 bits per heavy atom. The van der Waals surface area contributed by atoms with Crippen LogP contribution in [0.25, 0.3) is 0 Å². The van der Waals surface area contributed by atoms with Gasteiger partial charge in [-0.15, -0.1) is 11.3 Å². The Balaban J connectivity index is 2.39. The summed E-state index contributed by atoms with van der Waals surface area (Å²) in [5.41, 5.74) is 0.0709. The lowest BCUT2D eigenvalue weighted by molar-refractivity contribution is 0.0697. The van der Waals surface area contributed by atoms with E-state index in [-0.39, 0.29) is 20.3 Å². The Bertz CT molecular complexity index is 852. The van der Waals surface area contributed by atoms with Gasteiger partial charge in [-0.2, -0.15) is 5.26 Å². The van der Waals surface area contributed by atoms with Crippen molar-refractivity contribution in [2.75, 3.05) is 4.72 Å². The van der Waals surface area contributed by atoms with E-state index in [1.165, 1.54) is 30.3 Å². The van der Waals surface area contributed by atoms with Crippen molar-refractivity contribution in [3.8, 4) is 6.07 Å². The number of carboxylic acids is 1. The molecule has 9 heteroatoms. The molecule has 0 spiro atoms. The van der Waals surface area contributed by atoms with Crippen LogP contribution in [0.1, 0.15) is 15.2 Å². The number of nitrogens with zero attached hydrogens (tertiary/aromatic N) is 1. The summed E-state index contributed by atoms with van der Waals surface area (Å²) >= 11 is 3.99. The van der Waals surface area contributed by atoms with Crippen molar-refractivity contribution in [3.05, 3.63) is 45.2 Å². The molecule has 0 saturated carbocycles. The van der Waals surface area contributed by atoms with Gasteiger partial charge in [-0.1, -0.05) is 0 Å². The van der Waals surface area contributed by atoms with Crippen LogP contribution in [-0.4, -0.2) is 19.5 Å². The molecule has 1 aromatic heterocycles. The monoisotopic (exact) mass is 386 g/mol. The SMILES string of the molecule is N#Cc1ccc(S(=O)(=O)Nc2cc(C(=O)O)ccc2Br)s1. The van der Waals surface area contributed by atoms with E-state index in [4.69, 9.17) is 10.4 Å². The van der Waals surface area contributed by atoms with Gasteiger partial charge in [0.25, 0.3) is 10.0 Å². The predicted molar refractivity (Wildman–Crippen MR) is 80.9 cm³/mol. The third-order valence-corrected chi connectivity index (χ3v) is 5.95. The number of thiophene rings is 1. The number of hydrogen-bond acceptors (Lipinski definition) is 5. The standard InChI is InChI=1S/C12H7BrN2O4S2/c13-9-3-1-7(12(16)17)5-10(9)15-21(18,19)11-4-2-8(6-14)20-11/h1-5,15H,(H,16,17). The van der Waals surface area contributed by atoms with Crippen LogP contribution in [0.4, 0.5) is 5.69 Å². The summed E-state index contributed by atoms with van der Waals surface area (Å²) in [5.74, 6) is -1.16. The molecule has 21 heavy (non-hydrogen) atoms. The number of rotatable bonds is 4. The molecule has 6 nitrogen and oxygen atoms in total. The van der Waals surface area contributed by atoms with Gasteiger partial charge in [0.05, 0.1) is 11.3 Å². The first-order valence-electron chi connectivity index (χ1n) is 5.39. The first-order valence-corrected chi connectivity index (χ1v) is 8.48. The summed E-state index contributed by atoms with van der Waals surface area (Å²) in [7, 11) is -3.87. The summed E-state index contributed by atoms with van der Waals surface area (Å²) in [6.07, 6.45) is 0. The Hall–Kier alpha value is -1.89. The van der Waals surface area contributed by atoms with Crippen LogP contribution in [-0.2, 0) is 10.0 Å². The number of hydrogen-bond donors (Lipinski definition) is 2. The second-order valence-electron chi connectivity index (χ2n) is 3.84. The van der Waals surface area contributed by atoms with Crippen LogP contribution in [0.5, 0.6) is 0 Å². The van der Waals surface area contributed by atoms with Crippen LogP contribution in [0.2, 0.25) is 0 Å². The molecule has 1 heterocycles. The van der Waals surface area contributed by atoms with Crippen molar-refractivity contribution in [3.63, 3.8) is 0 Å². The molecular weight excluding hydrogens is 380 g/mol. The van der Waals surface area contributed by atoms with Gasteiger partial charge in [0.2, 0.25) is 0 Å². The lowest BCUT2D eigenvalue weighted by atomic mass is 10.2. The topological polar surface area (TPSA) is 107 Å². The molecule has 2 N–H and O–H groups in total. The Morgan fingerprint density at radius 1 is 1.33 bits per heavy atom. The molecule has 0 saturated heterocycles. The lowest BCUT2D eigenvalue weighted by Crippen LogP contribution is -2.12. The molecule has 0 aliphatic carbocycles. The predicted octanol–water partition coefficient (Wildman–Crippen LogP) is 2.88. The number of anilines is 1. The average Bonchev–Trinajstić information content (AvgIpc) is 2.90. The van der Waals surface area contributed by atoms with E-state index in [0.717, 1.165) is 11.3 Å². The quantitative estimate of drug-likeness (QED) is 0.839. The molecule has 1 aromatic carbocycles. The van der Waals surface area contributed by atoms with Gasteiger partial charge in [0, 0.05) is 4.47 Å². The van der Waals surface area contributed by atoms with E-state index in [2.05, 4.69) is 20.7 Å². The number of carbonyl (C=O) groups is 1. The zero-order valence-electron chi connectivity index (χ0n) is 10.2. The summed E-state index contributed by atoms with van der Waals surface area (Å²) < 4.78 is 27.1. The number of carboxylic acid groups (broad SMARTS) is 1. The first kappa shape index (κ1) is 15.5. The van der Waals surface area contributed by atoms with Crippen LogP contribution in [0.15, 0.2) is 39.0 Å². The largest absolute Gasteiger partial charge is 0.478 e. The van der Waals surface area contributed by atoms with E-state index in [1.807, 2.05) is 6.07 Å². The minimum Gasteiger partial charge on any atom is -0.478 e. The maximum absolute atomic E-state index is 12.2. The fraction of sp³-hybridized carbons (Fsp3) is 0. The summed E-state index contributed by atoms with van der Waals surface area (Å²) in [6, 6.07) is 8.59. The number of nitrogens with one attached hydrogen (secondary N) is 1.